The Bertz CT molecular complexity index is 504. The van der Waals surface area contributed by atoms with Gasteiger partial charge in [-0.25, -0.2) is 0 Å². The molecule has 100 valence electrons. The zero-order valence-corrected chi connectivity index (χ0v) is 10.7. The van der Waals surface area contributed by atoms with Crippen molar-refractivity contribution in [1.82, 2.24) is 10.2 Å². The number of benzene rings is 1. The molecule has 4 N–H and O–H groups in total. The Morgan fingerprint density at radius 2 is 2.00 bits per heavy atom. The van der Waals surface area contributed by atoms with Gasteiger partial charge in [0, 0.05) is 12.1 Å². The van der Waals surface area contributed by atoms with Crippen molar-refractivity contribution < 1.29 is 5.11 Å². The maximum atomic E-state index is 9.47. The highest BCUT2D eigenvalue weighted by Crippen LogP contribution is 2.12. The zero-order valence-electron chi connectivity index (χ0n) is 10.7. The third-order valence-electron chi connectivity index (χ3n) is 2.91. The highest BCUT2D eigenvalue weighted by atomic mass is 16.3. The number of nitrogens with two attached hydrogens (primary N) is 1. The normalized spacial score (nSPS) is 12.1. The quantitative estimate of drug-likeness (QED) is 0.718. The molecule has 5 heteroatoms. The van der Waals surface area contributed by atoms with Gasteiger partial charge in [-0.1, -0.05) is 30.3 Å². The maximum absolute atomic E-state index is 9.47. The molecular formula is C14H18N4O. The van der Waals surface area contributed by atoms with Crippen molar-refractivity contribution in [3.63, 3.8) is 0 Å². The van der Waals surface area contributed by atoms with E-state index in [0.29, 0.717) is 12.4 Å². The molecule has 0 amide bonds. The van der Waals surface area contributed by atoms with Crippen molar-refractivity contribution in [1.29, 1.82) is 0 Å². The van der Waals surface area contributed by atoms with Crippen molar-refractivity contribution in [3.05, 3.63) is 53.7 Å². The fourth-order valence-corrected chi connectivity index (χ4v) is 1.90. The Balaban J connectivity index is 2.07. The molecule has 19 heavy (non-hydrogen) atoms. The Morgan fingerprint density at radius 1 is 1.21 bits per heavy atom. The largest absolute Gasteiger partial charge is 0.394 e. The van der Waals surface area contributed by atoms with Gasteiger partial charge in [-0.3, -0.25) is 0 Å². The Hall–Kier alpha value is -1.98. The summed E-state index contributed by atoms with van der Waals surface area (Å²) in [6, 6.07) is 11.7. The smallest absolute Gasteiger partial charge is 0.153 e. The molecule has 1 atom stereocenters. The van der Waals surface area contributed by atoms with E-state index in [1.807, 2.05) is 36.4 Å². The number of rotatable bonds is 6. The molecule has 2 aromatic rings. The van der Waals surface area contributed by atoms with Gasteiger partial charge < -0.3 is 16.2 Å². The Morgan fingerprint density at radius 3 is 2.68 bits per heavy atom. The Labute approximate surface area is 112 Å². The fourth-order valence-electron chi connectivity index (χ4n) is 1.90. The molecule has 0 saturated heterocycles. The molecule has 0 aliphatic carbocycles. The van der Waals surface area contributed by atoms with Gasteiger partial charge in [0.15, 0.2) is 5.82 Å². The summed E-state index contributed by atoms with van der Waals surface area (Å²) >= 11 is 0. The average molecular weight is 258 g/mol. The van der Waals surface area contributed by atoms with Gasteiger partial charge in [0.05, 0.1) is 18.8 Å². The van der Waals surface area contributed by atoms with E-state index in [-0.39, 0.29) is 12.6 Å². The summed E-state index contributed by atoms with van der Waals surface area (Å²) in [7, 11) is 0. The van der Waals surface area contributed by atoms with Crippen molar-refractivity contribution in [2.45, 2.75) is 19.0 Å². The van der Waals surface area contributed by atoms with Crippen LogP contribution in [0.5, 0.6) is 0 Å². The summed E-state index contributed by atoms with van der Waals surface area (Å²) in [5, 5.41) is 20.5. The van der Waals surface area contributed by atoms with Gasteiger partial charge in [-0.05, 0) is 18.1 Å². The van der Waals surface area contributed by atoms with E-state index in [4.69, 9.17) is 5.73 Å². The molecule has 1 heterocycles. The molecule has 0 fully saturated rings. The second kappa shape index (κ2) is 6.82. The highest BCUT2D eigenvalue weighted by Gasteiger charge is 2.11. The first kappa shape index (κ1) is 13.5. The summed E-state index contributed by atoms with van der Waals surface area (Å²) in [4.78, 5) is 0. The molecule has 0 aliphatic rings. The maximum Gasteiger partial charge on any atom is 0.153 e. The summed E-state index contributed by atoms with van der Waals surface area (Å²) in [6.45, 7) is 0.414. The van der Waals surface area contributed by atoms with E-state index in [9.17, 15) is 5.11 Å². The second-order valence-electron chi connectivity index (χ2n) is 4.32. The number of aliphatic hydroxyl groups is 1. The lowest BCUT2D eigenvalue weighted by molar-refractivity contribution is 0.273. The van der Waals surface area contributed by atoms with E-state index in [0.717, 1.165) is 17.5 Å². The third kappa shape index (κ3) is 3.74. The molecule has 0 spiro atoms. The van der Waals surface area contributed by atoms with Gasteiger partial charge in [-0.2, -0.15) is 5.10 Å². The first-order valence-electron chi connectivity index (χ1n) is 6.25. The number of aliphatic hydroxyl groups excluding tert-OH is 1. The lowest BCUT2D eigenvalue weighted by Crippen LogP contribution is -2.28. The summed E-state index contributed by atoms with van der Waals surface area (Å²) < 4.78 is 0. The van der Waals surface area contributed by atoms with Crippen molar-refractivity contribution in [2.75, 3.05) is 11.9 Å². The number of anilines is 1. The predicted octanol–water partition coefficient (Wildman–Crippen LogP) is 0.951. The molecule has 0 aliphatic heterocycles. The third-order valence-corrected chi connectivity index (χ3v) is 2.91. The van der Waals surface area contributed by atoms with E-state index >= 15 is 0 Å². The number of hydrogen-bond acceptors (Lipinski definition) is 5. The first-order chi connectivity index (χ1) is 9.33. The molecule has 1 unspecified atom stereocenters. The topological polar surface area (TPSA) is 84.1 Å². The zero-order chi connectivity index (χ0) is 13.5. The minimum Gasteiger partial charge on any atom is -0.394 e. The van der Waals surface area contributed by atoms with Crippen molar-refractivity contribution in [2.24, 2.45) is 5.73 Å². The average Bonchev–Trinajstić information content (AvgIpc) is 2.48. The van der Waals surface area contributed by atoms with Crippen LogP contribution in [0, 0.1) is 0 Å². The molecule has 0 saturated carbocycles. The van der Waals surface area contributed by atoms with Gasteiger partial charge in [0.1, 0.15) is 0 Å². The fraction of sp³-hybridized carbons (Fsp3) is 0.286. The summed E-state index contributed by atoms with van der Waals surface area (Å²) in [5.74, 6) is 0.639. The lowest BCUT2D eigenvalue weighted by Gasteiger charge is -2.18. The molecule has 0 bridgehead atoms. The van der Waals surface area contributed by atoms with Crippen LogP contribution in [0.15, 0.2) is 42.6 Å². The van der Waals surface area contributed by atoms with E-state index in [1.165, 1.54) is 0 Å². The summed E-state index contributed by atoms with van der Waals surface area (Å²) in [5.41, 5.74) is 7.70. The highest BCUT2D eigenvalue weighted by molar-refractivity contribution is 5.43. The van der Waals surface area contributed by atoms with Gasteiger partial charge >= 0.3 is 0 Å². The van der Waals surface area contributed by atoms with Gasteiger partial charge in [0.2, 0.25) is 0 Å². The standard InChI is InChI=1S/C14H18N4O/c15-9-12-6-7-16-18-14(12)17-13(10-19)8-11-4-2-1-3-5-11/h1-7,13,19H,8-10,15H2,(H,17,18). The molecule has 2 rings (SSSR count). The first-order valence-corrected chi connectivity index (χ1v) is 6.25. The minimum atomic E-state index is -0.107. The summed E-state index contributed by atoms with van der Waals surface area (Å²) in [6.07, 6.45) is 2.33. The Kier molecular flexibility index (Phi) is 4.83. The van der Waals surface area contributed by atoms with Crippen LogP contribution in [-0.2, 0) is 13.0 Å². The molecular weight excluding hydrogens is 240 g/mol. The lowest BCUT2D eigenvalue weighted by atomic mass is 10.1. The van der Waals surface area contributed by atoms with E-state index in [2.05, 4.69) is 15.5 Å². The van der Waals surface area contributed by atoms with Crippen LogP contribution < -0.4 is 11.1 Å². The van der Waals surface area contributed by atoms with Gasteiger partial charge in [0.25, 0.3) is 0 Å². The van der Waals surface area contributed by atoms with Crippen LogP contribution in [0.4, 0.5) is 5.82 Å². The van der Waals surface area contributed by atoms with Crippen molar-refractivity contribution >= 4 is 5.82 Å². The van der Waals surface area contributed by atoms with Crippen LogP contribution in [0.1, 0.15) is 11.1 Å². The van der Waals surface area contributed by atoms with Crippen LogP contribution in [0.25, 0.3) is 0 Å². The van der Waals surface area contributed by atoms with Crippen LogP contribution in [-0.4, -0.2) is 28.0 Å². The SMILES string of the molecule is NCc1ccnnc1NC(CO)Cc1ccccc1. The monoisotopic (exact) mass is 258 g/mol. The second-order valence-corrected chi connectivity index (χ2v) is 4.32. The number of nitrogens with zero attached hydrogens (tertiary/aromatic N) is 2. The minimum absolute atomic E-state index is 0.0233. The molecule has 0 radical (unpaired) electrons. The number of aromatic nitrogens is 2. The van der Waals surface area contributed by atoms with E-state index in [1.54, 1.807) is 6.20 Å². The van der Waals surface area contributed by atoms with Crippen LogP contribution in [0.2, 0.25) is 0 Å². The van der Waals surface area contributed by atoms with Crippen molar-refractivity contribution in [3.8, 4) is 0 Å². The number of hydrogen-bond donors (Lipinski definition) is 3. The predicted molar refractivity (Wildman–Crippen MR) is 74.6 cm³/mol. The van der Waals surface area contributed by atoms with E-state index < -0.39 is 0 Å². The molecule has 1 aromatic carbocycles. The van der Waals surface area contributed by atoms with Gasteiger partial charge in [-0.15, -0.1) is 5.10 Å². The molecule has 5 nitrogen and oxygen atoms in total. The molecule has 1 aromatic heterocycles. The number of nitrogens with one attached hydrogen (secondary N) is 1. The van der Waals surface area contributed by atoms with Crippen LogP contribution >= 0.6 is 0 Å². The van der Waals surface area contributed by atoms with Crippen LogP contribution in [0.3, 0.4) is 0 Å².